The van der Waals surface area contributed by atoms with Crippen LogP contribution in [0.15, 0.2) is 15.9 Å². The molecule has 98 valence electrons. The number of halogens is 1. The molecule has 1 nitrogen and oxygen atoms in total. The molecule has 1 aromatic heterocycles. The molecule has 0 saturated carbocycles. The van der Waals surface area contributed by atoms with Gasteiger partial charge in [0, 0.05) is 11.4 Å². The van der Waals surface area contributed by atoms with Crippen molar-refractivity contribution in [3.8, 4) is 0 Å². The van der Waals surface area contributed by atoms with E-state index in [1.54, 1.807) is 0 Å². The zero-order valence-electron chi connectivity index (χ0n) is 11.2. The van der Waals surface area contributed by atoms with Crippen molar-refractivity contribution in [2.75, 3.05) is 13.6 Å². The Labute approximate surface area is 118 Å². The van der Waals surface area contributed by atoms with E-state index in [2.05, 4.69) is 54.3 Å². The highest BCUT2D eigenvalue weighted by Gasteiger charge is 2.27. The summed E-state index contributed by atoms with van der Waals surface area (Å²) in [4.78, 5) is 1.50. The lowest BCUT2D eigenvalue weighted by molar-refractivity contribution is 0.236. The highest BCUT2D eigenvalue weighted by molar-refractivity contribution is 9.11. The average molecular weight is 318 g/mol. The Morgan fingerprint density at radius 1 is 1.35 bits per heavy atom. The SMILES string of the molecule is CCCCC(CC)(CNC)Cc1ccc(Br)s1. The third kappa shape index (κ3) is 4.72. The second-order valence-corrected chi connectivity index (χ2v) is 7.42. The monoisotopic (exact) mass is 317 g/mol. The molecular weight excluding hydrogens is 294 g/mol. The van der Waals surface area contributed by atoms with Crippen molar-refractivity contribution in [1.82, 2.24) is 5.32 Å². The summed E-state index contributed by atoms with van der Waals surface area (Å²) in [6.45, 7) is 5.73. The van der Waals surface area contributed by atoms with Crippen LogP contribution in [-0.2, 0) is 6.42 Å². The fourth-order valence-electron chi connectivity index (χ4n) is 2.41. The van der Waals surface area contributed by atoms with E-state index in [9.17, 15) is 0 Å². The second kappa shape index (κ2) is 7.55. The minimum atomic E-state index is 0.440. The normalized spacial score (nSPS) is 14.8. The van der Waals surface area contributed by atoms with Crippen LogP contribution in [0.2, 0.25) is 0 Å². The third-order valence-electron chi connectivity index (χ3n) is 3.54. The van der Waals surface area contributed by atoms with Gasteiger partial charge in [-0.2, -0.15) is 0 Å². The molecule has 1 aromatic rings. The predicted octanol–water partition coefficient (Wildman–Crippen LogP) is 4.86. The van der Waals surface area contributed by atoms with E-state index in [1.165, 1.54) is 40.8 Å². The molecule has 1 heterocycles. The van der Waals surface area contributed by atoms with Crippen LogP contribution in [0.4, 0.5) is 0 Å². The maximum atomic E-state index is 3.56. The van der Waals surface area contributed by atoms with E-state index >= 15 is 0 Å². The van der Waals surface area contributed by atoms with Gasteiger partial charge < -0.3 is 5.32 Å². The Hall–Kier alpha value is 0.140. The largest absolute Gasteiger partial charge is 0.319 e. The molecule has 0 spiro atoms. The van der Waals surface area contributed by atoms with Gasteiger partial charge in [0.1, 0.15) is 0 Å². The minimum absolute atomic E-state index is 0.440. The highest BCUT2D eigenvalue weighted by atomic mass is 79.9. The molecule has 1 unspecified atom stereocenters. The van der Waals surface area contributed by atoms with Gasteiger partial charge in [-0.3, -0.25) is 0 Å². The lowest BCUT2D eigenvalue weighted by Gasteiger charge is -2.32. The number of thiophene rings is 1. The lowest BCUT2D eigenvalue weighted by Crippen LogP contribution is -2.34. The topological polar surface area (TPSA) is 12.0 Å². The van der Waals surface area contributed by atoms with E-state index in [-0.39, 0.29) is 0 Å². The van der Waals surface area contributed by atoms with Gasteiger partial charge in [-0.25, -0.2) is 0 Å². The van der Waals surface area contributed by atoms with Gasteiger partial charge >= 0.3 is 0 Å². The fraction of sp³-hybridized carbons (Fsp3) is 0.714. The quantitative estimate of drug-likeness (QED) is 0.722. The van der Waals surface area contributed by atoms with E-state index in [4.69, 9.17) is 0 Å². The van der Waals surface area contributed by atoms with Crippen LogP contribution in [0.3, 0.4) is 0 Å². The molecule has 0 aliphatic rings. The first-order valence-electron chi connectivity index (χ1n) is 6.54. The molecule has 1 N–H and O–H groups in total. The Bertz CT molecular complexity index is 324. The van der Waals surface area contributed by atoms with Crippen molar-refractivity contribution >= 4 is 27.3 Å². The number of unbranched alkanes of at least 4 members (excludes halogenated alkanes) is 1. The average Bonchev–Trinajstić information content (AvgIpc) is 2.72. The van der Waals surface area contributed by atoms with Gasteiger partial charge in [0.15, 0.2) is 0 Å². The third-order valence-corrected chi connectivity index (χ3v) is 5.16. The predicted molar refractivity (Wildman–Crippen MR) is 81.9 cm³/mol. The number of hydrogen-bond acceptors (Lipinski definition) is 2. The molecule has 0 amide bonds. The van der Waals surface area contributed by atoms with Crippen molar-refractivity contribution in [2.24, 2.45) is 5.41 Å². The van der Waals surface area contributed by atoms with Crippen LogP contribution in [0, 0.1) is 5.41 Å². The molecule has 0 aromatic carbocycles. The Kier molecular flexibility index (Phi) is 6.75. The van der Waals surface area contributed by atoms with Gasteiger partial charge in [-0.15, -0.1) is 11.3 Å². The van der Waals surface area contributed by atoms with E-state index in [0.29, 0.717) is 5.41 Å². The smallest absolute Gasteiger partial charge is 0.0701 e. The molecule has 3 heteroatoms. The van der Waals surface area contributed by atoms with Gasteiger partial charge in [-0.1, -0.05) is 26.7 Å². The molecule has 1 rings (SSSR count). The summed E-state index contributed by atoms with van der Waals surface area (Å²) >= 11 is 5.43. The first-order chi connectivity index (χ1) is 8.15. The van der Waals surface area contributed by atoms with Crippen molar-refractivity contribution in [3.05, 3.63) is 20.8 Å². The van der Waals surface area contributed by atoms with Crippen LogP contribution >= 0.6 is 27.3 Å². The molecule has 0 bridgehead atoms. The van der Waals surface area contributed by atoms with Crippen LogP contribution in [0.5, 0.6) is 0 Å². The molecular formula is C14H24BrNS. The summed E-state index contributed by atoms with van der Waals surface area (Å²) in [7, 11) is 2.07. The Morgan fingerprint density at radius 3 is 2.59 bits per heavy atom. The molecule has 0 saturated heterocycles. The number of rotatable bonds is 8. The first kappa shape index (κ1) is 15.2. The van der Waals surface area contributed by atoms with E-state index in [1.807, 2.05) is 11.3 Å². The molecule has 0 aliphatic carbocycles. The summed E-state index contributed by atoms with van der Waals surface area (Å²) in [6, 6.07) is 4.43. The zero-order chi connectivity index (χ0) is 12.7. The van der Waals surface area contributed by atoms with Crippen molar-refractivity contribution in [1.29, 1.82) is 0 Å². The molecule has 0 radical (unpaired) electrons. The summed E-state index contributed by atoms with van der Waals surface area (Å²) in [6.07, 6.45) is 6.42. The van der Waals surface area contributed by atoms with Crippen LogP contribution in [-0.4, -0.2) is 13.6 Å². The van der Waals surface area contributed by atoms with Gasteiger partial charge in [0.2, 0.25) is 0 Å². The zero-order valence-corrected chi connectivity index (χ0v) is 13.6. The van der Waals surface area contributed by atoms with E-state index < -0.39 is 0 Å². The molecule has 0 aliphatic heterocycles. The summed E-state index contributed by atoms with van der Waals surface area (Å²) < 4.78 is 1.25. The Morgan fingerprint density at radius 2 is 2.12 bits per heavy atom. The van der Waals surface area contributed by atoms with Crippen molar-refractivity contribution in [2.45, 2.75) is 46.0 Å². The van der Waals surface area contributed by atoms with Crippen molar-refractivity contribution < 1.29 is 0 Å². The standard InChI is InChI=1S/C14H24BrNS/c1-4-6-9-14(5-2,11-16-3)10-12-7-8-13(15)17-12/h7-8,16H,4-6,9-11H2,1-3H3. The maximum absolute atomic E-state index is 3.56. The fourth-order valence-corrected chi connectivity index (χ4v) is 4.07. The summed E-state index contributed by atoms with van der Waals surface area (Å²) in [5.41, 5.74) is 0.440. The van der Waals surface area contributed by atoms with Gasteiger partial charge in [0.25, 0.3) is 0 Å². The van der Waals surface area contributed by atoms with Gasteiger partial charge in [0.05, 0.1) is 3.79 Å². The molecule has 17 heavy (non-hydrogen) atoms. The maximum Gasteiger partial charge on any atom is 0.0701 e. The van der Waals surface area contributed by atoms with Crippen LogP contribution in [0.25, 0.3) is 0 Å². The van der Waals surface area contributed by atoms with E-state index in [0.717, 1.165) is 6.54 Å². The molecule has 0 fully saturated rings. The van der Waals surface area contributed by atoms with Crippen LogP contribution < -0.4 is 5.32 Å². The minimum Gasteiger partial charge on any atom is -0.319 e. The first-order valence-corrected chi connectivity index (χ1v) is 8.15. The summed E-state index contributed by atoms with van der Waals surface area (Å²) in [5, 5.41) is 3.39. The number of hydrogen-bond donors (Lipinski definition) is 1. The number of nitrogens with one attached hydrogen (secondary N) is 1. The lowest BCUT2D eigenvalue weighted by atomic mass is 9.77. The van der Waals surface area contributed by atoms with Crippen molar-refractivity contribution in [3.63, 3.8) is 0 Å². The Balaban J connectivity index is 2.73. The molecule has 1 atom stereocenters. The second-order valence-electron chi connectivity index (χ2n) is 4.87. The van der Waals surface area contributed by atoms with Gasteiger partial charge in [-0.05, 0) is 59.8 Å². The summed E-state index contributed by atoms with van der Waals surface area (Å²) in [5.74, 6) is 0. The van der Waals surface area contributed by atoms with Crippen LogP contribution in [0.1, 0.15) is 44.4 Å². The highest BCUT2D eigenvalue weighted by Crippen LogP contribution is 2.35.